The molecule has 1 heterocycles. The molecule has 1 unspecified atom stereocenters. The van der Waals surface area contributed by atoms with Crippen molar-refractivity contribution in [1.82, 2.24) is 9.80 Å². The summed E-state index contributed by atoms with van der Waals surface area (Å²) in [7, 11) is 0. The number of para-hydroxylation sites is 1. The maximum Gasteiger partial charge on any atom is 0.253 e. The van der Waals surface area contributed by atoms with Gasteiger partial charge in [-0.15, -0.1) is 0 Å². The molecule has 1 amide bonds. The van der Waals surface area contributed by atoms with Crippen LogP contribution in [-0.2, 0) is 0 Å². The van der Waals surface area contributed by atoms with Crippen molar-refractivity contribution in [2.75, 3.05) is 39.3 Å². The van der Waals surface area contributed by atoms with Gasteiger partial charge in [-0.3, -0.25) is 9.69 Å². The van der Waals surface area contributed by atoms with Gasteiger partial charge < -0.3 is 14.7 Å². The molecule has 1 fully saturated rings. The van der Waals surface area contributed by atoms with Crippen LogP contribution in [0.2, 0.25) is 0 Å². The maximum atomic E-state index is 13.6. The molecular formula is C22H27FN2O3. The van der Waals surface area contributed by atoms with Crippen molar-refractivity contribution < 1.29 is 19.0 Å². The monoisotopic (exact) mass is 386 g/mol. The molecule has 1 aliphatic heterocycles. The van der Waals surface area contributed by atoms with Crippen LogP contribution in [0.1, 0.15) is 22.3 Å². The van der Waals surface area contributed by atoms with E-state index < -0.39 is 11.9 Å². The predicted molar refractivity (Wildman–Crippen MR) is 106 cm³/mol. The Kier molecular flexibility index (Phi) is 7.01. The van der Waals surface area contributed by atoms with E-state index in [0.717, 1.165) is 18.5 Å². The topological polar surface area (TPSA) is 53.0 Å². The fourth-order valence-corrected chi connectivity index (χ4v) is 3.42. The van der Waals surface area contributed by atoms with Crippen LogP contribution in [0.25, 0.3) is 0 Å². The first-order valence-corrected chi connectivity index (χ1v) is 9.66. The molecule has 1 saturated heterocycles. The zero-order chi connectivity index (χ0) is 19.9. The Hall–Kier alpha value is -2.44. The molecule has 0 aromatic heterocycles. The van der Waals surface area contributed by atoms with Gasteiger partial charge in [0.05, 0.1) is 0 Å². The first-order chi connectivity index (χ1) is 13.5. The largest absolute Gasteiger partial charge is 0.488 e. The van der Waals surface area contributed by atoms with E-state index in [0.29, 0.717) is 31.7 Å². The second-order valence-corrected chi connectivity index (χ2v) is 7.21. The lowest BCUT2D eigenvalue weighted by molar-refractivity contribution is 0.0659. The average molecular weight is 386 g/mol. The highest BCUT2D eigenvalue weighted by atomic mass is 19.1. The van der Waals surface area contributed by atoms with Crippen molar-refractivity contribution in [2.45, 2.75) is 19.4 Å². The first-order valence-electron chi connectivity index (χ1n) is 9.66. The smallest absolute Gasteiger partial charge is 0.253 e. The van der Waals surface area contributed by atoms with Crippen LogP contribution in [-0.4, -0.2) is 66.2 Å². The van der Waals surface area contributed by atoms with E-state index in [1.807, 2.05) is 36.1 Å². The maximum absolute atomic E-state index is 13.6. The highest BCUT2D eigenvalue weighted by Crippen LogP contribution is 2.16. The molecule has 2 aromatic rings. The summed E-state index contributed by atoms with van der Waals surface area (Å²) < 4.78 is 19.0. The van der Waals surface area contributed by atoms with Crippen LogP contribution in [0.4, 0.5) is 4.39 Å². The van der Waals surface area contributed by atoms with Gasteiger partial charge in [-0.1, -0.05) is 29.8 Å². The predicted octanol–water partition coefficient (Wildman–Crippen LogP) is 2.72. The van der Waals surface area contributed by atoms with Gasteiger partial charge in [0.15, 0.2) is 11.6 Å². The number of nitrogens with zero attached hydrogens (tertiary/aromatic N) is 2. The summed E-state index contributed by atoms with van der Waals surface area (Å²) in [6.45, 7) is 5.25. The lowest BCUT2D eigenvalue weighted by atomic mass is 10.1. The van der Waals surface area contributed by atoms with Crippen LogP contribution in [0.3, 0.4) is 0 Å². The second kappa shape index (κ2) is 9.66. The Bertz CT molecular complexity index is 799. The molecule has 1 N–H and O–H groups in total. The molecule has 0 radical (unpaired) electrons. The Balaban J connectivity index is 1.48. The van der Waals surface area contributed by atoms with E-state index in [4.69, 9.17) is 4.74 Å². The van der Waals surface area contributed by atoms with E-state index >= 15 is 0 Å². The summed E-state index contributed by atoms with van der Waals surface area (Å²) in [4.78, 5) is 16.7. The molecule has 150 valence electrons. The van der Waals surface area contributed by atoms with Crippen molar-refractivity contribution in [3.05, 3.63) is 65.5 Å². The van der Waals surface area contributed by atoms with Gasteiger partial charge in [0.25, 0.3) is 5.91 Å². The molecule has 0 spiro atoms. The number of aliphatic hydroxyl groups excluding tert-OH is 1. The fraction of sp³-hybridized carbons (Fsp3) is 0.409. The minimum Gasteiger partial charge on any atom is -0.488 e. The molecule has 5 nitrogen and oxygen atoms in total. The van der Waals surface area contributed by atoms with Crippen molar-refractivity contribution in [3.63, 3.8) is 0 Å². The Morgan fingerprint density at radius 1 is 1.14 bits per heavy atom. The van der Waals surface area contributed by atoms with E-state index in [1.165, 1.54) is 6.07 Å². The van der Waals surface area contributed by atoms with Crippen LogP contribution >= 0.6 is 0 Å². The van der Waals surface area contributed by atoms with Gasteiger partial charge in [-0.2, -0.15) is 0 Å². The number of β-amino-alcohol motifs (C(OH)–C–C–N with tert-alkyl or cyclic N) is 1. The normalized spacial score (nSPS) is 16.5. The number of aryl methyl sites for hydroxylation is 1. The third-order valence-electron chi connectivity index (χ3n) is 4.88. The molecule has 3 rings (SSSR count). The first kappa shape index (κ1) is 20.3. The molecule has 0 aliphatic carbocycles. The minimum absolute atomic E-state index is 0.0311. The van der Waals surface area contributed by atoms with Crippen molar-refractivity contribution in [1.29, 1.82) is 0 Å². The number of carbonyl (C=O) groups is 1. The van der Waals surface area contributed by atoms with E-state index in [-0.39, 0.29) is 18.3 Å². The van der Waals surface area contributed by atoms with E-state index in [9.17, 15) is 14.3 Å². The van der Waals surface area contributed by atoms with Gasteiger partial charge in [0.2, 0.25) is 0 Å². The Morgan fingerprint density at radius 2 is 1.96 bits per heavy atom. The summed E-state index contributed by atoms with van der Waals surface area (Å²) in [5.74, 6) is -0.240. The van der Waals surface area contributed by atoms with Crippen LogP contribution < -0.4 is 4.74 Å². The standard InChI is InChI=1S/C22H27FN2O3/c1-17-6-4-7-18(14-17)22(27)25-11-5-10-24(12-13-25)15-19(26)16-28-21-9-3-2-8-20(21)23/h2-4,6-9,14,19,26H,5,10-13,15-16H2,1H3. The number of benzene rings is 2. The molecular weight excluding hydrogens is 359 g/mol. The number of hydrogen-bond acceptors (Lipinski definition) is 4. The second-order valence-electron chi connectivity index (χ2n) is 7.21. The number of rotatable bonds is 6. The van der Waals surface area contributed by atoms with Crippen molar-refractivity contribution in [2.24, 2.45) is 0 Å². The van der Waals surface area contributed by atoms with E-state index in [1.54, 1.807) is 18.2 Å². The van der Waals surface area contributed by atoms with Gasteiger partial charge in [0.1, 0.15) is 12.7 Å². The zero-order valence-corrected chi connectivity index (χ0v) is 16.2. The van der Waals surface area contributed by atoms with Gasteiger partial charge in [0, 0.05) is 31.7 Å². The third-order valence-corrected chi connectivity index (χ3v) is 4.88. The van der Waals surface area contributed by atoms with Crippen LogP contribution in [0.5, 0.6) is 5.75 Å². The van der Waals surface area contributed by atoms with Gasteiger partial charge in [-0.05, 0) is 44.2 Å². The number of aliphatic hydroxyl groups is 1. The molecule has 0 bridgehead atoms. The lowest BCUT2D eigenvalue weighted by Gasteiger charge is -2.24. The lowest BCUT2D eigenvalue weighted by Crippen LogP contribution is -2.39. The van der Waals surface area contributed by atoms with E-state index in [2.05, 4.69) is 4.90 Å². The number of hydrogen-bond donors (Lipinski definition) is 1. The summed E-state index contributed by atoms with van der Waals surface area (Å²) in [5, 5.41) is 10.3. The quantitative estimate of drug-likeness (QED) is 0.830. The molecule has 1 aliphatic rings. The molecule has 6 heteroatoms. The summed E-state index contributed by atoms with van der Waals surface area (Å²) in [6.07, 6.45) is 0.122. The highest BCUT2D eigenvalue weighted by Gasteiger charge is 2.22. The van der Waals surface area contributed by atoms with Crippen LogP contribution in [0.15, 0.2) is 48.5 Å². The van der Waals surface area contributed by atoms with Crippen LogP contribution in [0, 0.1) is 12.7 Å². The highest BCUT2D eigenvalue weighted by molar-refractivity contribution is 5.94. The van der Waals surface area contributed by atoms with Crippen molar-refractivity contribution >= 4 is 5.91 Å². The summed E-state index contributed by atoms with van der Waals surface area (Å²) in [5.41, 5.74) is 1.78. The Morgan fingerprint density at radius 3 is 2.75 bits per heavy atom. The summed E-state index contributed by atoms with van der Waals surface area (Å²) >= 11 is 0. The third kappa shape index (κ3) is 5.53. The SMILES string of the molecule is Cc1cccc(C(=O)N2CCCN(CC(O)COc3ccccc3F)CC2)c1. The zero-order valence-electron chi connectivity index (χ0n) is 16.2. The molecule has 28 heavy (non-hydrogen) atoms. The number of amides is 1. The number of carbonyl (C=O) groups excluding carboxylic acids is 1. The fourth-order valence-electron chi connectivity index (χ4n) is 3.42. The van der Waals surface area contributed by atoms with Crippen molar-refractivity contribution in [3.8, 4) is 5.75 Å². The Labute approximate surface area is 165 Å². The molecule has 2 aromatic carbocycles. The minimum atomic E-state index is -0.723. The molecule has 1 atom stereocenters. The van der Waals surface area contributed by atoms with Gasteiger partial charge >= 0.3 is 0 Å². The average Bonchev–Trinajstić information content (AvgIpc) is 2.92. The number of ether oxygens (including phenoxy) is 1. The summed E-state index contributed by atoms with van der Waals surface area (Å²) in [6, 6.07) is 13.8. The van der Waals surface area contributed by atoms with Gasteiger partial charge in [-0.25, -0.2) is 4.39 Å². The number of halogens is 1. The molecule has 0 saturated carbocycles.